The summed E-state index contributed by atoms with van der Waals surface area (Å²) in [6.07, 6.45) is -3.16. The van der Waals surface area contributed by atoms with Crippen molar-refractivity contribution in [3.63, 3.8) is 0 Å². The van der Waals surface area contributed by atoms with Gasteiger partial charge in [-0.3, -0.25) is 4.79 Å². The van der Waals surface area contributed by atoms with E-state index in [1.165, 1.54) is 0 Å². The van der Waals surface area contributed by atoms with Crippen LogP contribution in [-0.2, 0) is 4.79 Å². The van der Waals surface area contributed by atoms with Crippen LogP contribution in [0.4, 0.5) is 13.2 Å². The molecule has 1 rings (SSSR count). The third-order valence-electron chi connectivity index (χ3n) is 2.95. The number of amides is 1. The largest absolute Gasteiger partial charge is 0.391 e. The summed E-state index contributed by atoms with van der Waals surface area (Å²) >= 11 is 0. The SMILES string of the molecule is C[C@@H](N)C(=O)NC1CCC(C(F)(F)F)CC1.Cl. The molecule has 102 valence electrons. The highest BCUT2D eigenvalue weighted by molar-refractivity contribution is 5.85. The standard InChI is InChI=1S/C10H17F3N2O.ClH/c1-6(14)9(16)15-8-4-2-7(3-5-8)10(11,12)13;/h6-8H,2-5,14H2,1H3,(H,15,16);1H/t6-,7?,8?;/m1./s1. The van der Waals surface area contributed by atoms with Gasteiger partial charge in [0.2, 0.25) is 5.91 Å². The minimum Gasteiger partial charge on any atom is -0.352 e. The van der Waals surface area contributed by atoms with Gasteiger partial charge in [0.05, 0.1) is 12.0 Å². The summed E-state index contributed by atoms with van der Waals surface area (Å²) in [5.41, 5.74) is 5.36. The number of hydrogen-bond acceptors (Lipinski definition) is 2. The van der Waals surface area contributed by atoms with E-state index in [1.54, 1.807) is 6.92 Å². The van der Waals surface area contributed by atoms with Crippen molar-refractivity contribution in [1.82, 2.24) is 5.32 Å². The van der Waals surface area contributed by atoms with Gasteiger partial charge in [-0.25, -0.2) is 0 Å². The van der Waals surface area contributed by atoms with Crippen LogP contribution in [0.25, 0.3) is 0 Å². The topological polar surface area (TPSA) is 55.1 Å². The van der Waals surface area contributed by atoms with E-state index in [2.05, 4.69) is 5.32 Å². The molecule has 0 unspecified atom stereocenters. The van der Waals surface area contributed by atoms with E-state index >= 15 is 0 Å². The normalized spacial score (nSPS) is 26.9. The van der Waals surface area contributed by atoms with E-state index in [0.717, 1.165) is 0 Å². The molecule has 0 spiro atoms. The molecule has 0 saturated heterocycles. The van der Waals surface area contributed by atoms with Crippen LogP contribution in [0.15, 0.2) is 0 Å². The first kappa shape index (κ1) is 16.5. The fourth-order valence-corrected chi connectivity index (χ4v) is 1.90. The van der Waals surface area contributed by atoms with E-state index < -0.39 is 18.1 Å². The maximum atomic E-state index is 12.4. The number of nitrogens with one attached hydrogen (secondary N) is 1. The van der Waals surface area contributed by atoms with E-state index in [1.807, 2.05) is 0 Å². The second kappa shape index (κ2) is 6.44. The molecule has 1 aliphatic rings. The molecule has 3 N–H and O–H groups in total. The van der Waals surface area contributed by atoms with Crippen LogP contribution >= 0.6 is 12.4 Å². The summed E-state index contributed by atoms with van der Waals surface area (Å²) in [4.78, 5) is 11.2. The molecule has 0 aromatic rings. The van der Waals surface area contributed by atoms with Gasteiger partial charge in [-0.2, -0.15) is 13.2 Å². The number of alkyl halides is 3. The van der Waals surface area contributed by atoms with Gasteiger partial charge in [-0.15, -0.1) is 12.4 Å². The summed E-state index contributed by atoms with van der Waals surface area (Å²) in [7, 11) is 0. The molecule has 17 heavy (non-hydrogen) atoms. The molecule has 0 aromatic heterocycles. The van der Waals surface area contributed by atoms with Crippen molar-refractivity contribution in [2.45, 2.75) is 50.9 Å². The van der Waals surface area contributed by atoms with Crippen LogP contribution in [0.1, 0.15) is 32.6 Å². The minimum atomic E-state index is -4.10. The molecule has 0 bridgehead atoms. The van der Waals surface area contributed by atoms with Gasteiger partial charge in [0.1, 0.15) is 0 Å². The Kier molecular flexibility index (Phi) is 6.26. The zero-order chi connectivity index (χ0) is 12.3. The smallest absolute Gasteiger partial charge is 0.352 e. The number of rotatable bonds is 2. The van der Waals surface area contributed by atoms with Crippen LogP contribution in [0.3, 0.4) is 0 Å². The number of hydrogen-bond donors (Lipinski definition) is 2. The van der Waals surface area contributed by atoms with Crippen molar-refractivity contribution in [2.75, 3.05) is 0 Å². The molecular formula is C10H18ClF3N2O. The Labute approximate surface area is 105 Å². The zero-order valence-electron chi connectivity index (χ0n) is 9.59. The first-order chi connectivity index (χ1) is 7.30. The third kappa shape index (κ3) is 5.12. The van der Waals surface area contributed by atoms with Crippen molar-refractivity contribution in [3.05, 3.63) is 0 Å². The molecule has 7 heteroatoms. The molecular weight excluding hydrogens is 257 g/mol. The molecule has 0 heterocycles. The predicted molar refractivity (Wildman–Crippen MR) is 60.8 cm³/mol. The van der Waals surface area contributed by atoms with Crippen molar-refractivity contribution in [2.24, 2.45) is 11.7 Å². The number of carbonyl (C=O) groups is 1. The van der Waals surface area contributed by atoms with Crippen LogP contribution in [0.2, 0.25) is 0 Å². The van der Waals surface area contributed by atoms with Crippen LogP contribution in [-0.4, -0.2) is 24.2 Å². The van der Waals surface area contributed by atoms with Gasteiger partial charge in [-0.05, 0) is 32.6 Å². The van der Waals surface area contributed by atoms with E-state index in [-0.39, 0.29) is 37.2 Å². The maximum Gasteiger partial charge on any atom is 0.391 e. The van der Waals surface area contributed by atoms with E-state index in [0.29, 0.717) is 12.8 Å². The van der Waals surface area contributed by atoms with E-state index in [4.69, 9.17) is 5.73 Å². The Hall–Kier alpha value is -0.490. The van der Waals surface area contributed by atoms with Gasteiger partial charge >= 0.3 is 6.18 Å². The molecule has 1 amide bonds. The lowest BCUT2D eigenvalue weighted by Crippen LogP contribution is -2.46. The zero-order valence-corrected chi connectivity index (χ0v) is 10.4. The average molecular weight is 275 g/mol. The van der Waals surface area contributed by atoms with Gasteiger partial charge in [0, 0.05) is 6.04 Å². The average Bonchev–Trinajstić information content (AvgIpc) is 2.17. The highest BCUT2D eigenvalue weighted by atomic mass is 35.5. The van der Waals surface area contributed by atoms with Crippen LogP contribution < -0.4 is 11.1 Å². The van der Waals surface area contributed by atoms with Crippen LogP contribution in [0, 0.1) is 5.92 Å². The van der Waals surface area contributed by atoms with Gasteiger partial charge in [0.25, 0.3) is 0 Å². The molecule has 0 aliphatic heterocycles. The molecule has 0 aromatic carbocycles. The second-order valence-corrected chi connectivity index (χ2v) is 4.39. The third-order valence-corrected chi connectivity index (χ3v) is 2.95. The van der Waals surface area contributed by atoms with Gasteiger partial charge in [0.15, 0.2) is 0 Å². The monoisotopic (exact) mass is 274 g/mol. The quantitative estimate of drug-likeness (QED) is 0.809. The molecule has 3 nitrogen and oxygen atoms in total. The van der Waals surface area contributed by atoms with Crippen LogP contribution in [0.5, 0.6) is 0 Å². The lowest BCUT2D eigenvalue weighted by Gasteiger charge is -2.30. The Morgan fingerprint density at radius 2 is 1.76 bits per heavy atom. The minimum absolute atomic E-state index is 0. The molecule has 0 radical (unpaired) electrons. The molecule has 1 aliphatic carbocycles. The van der Waals surface area contributed by atoms with Crippen molar-refractivity contribution >= 4 is 18.3 Å². The Balaban J connectivity index is 0.00000256. The summed E-state index contributed by atoms with van der Waals surface area (Å²) < 4.78 is 37.1. The highest BCUT2D eigenvalue weighted by Crippen LogP contribution is 2.37. The first-order valence-electron chi connectivity index (χ1n) is 5.43. The Morgan fingerprint density at radius 1 is 1.29 bits per heavy atom. The lowest BCUT2D eigenvalue weighted by atomic mass is 9.85. The molecule has 1 atom stereocenters. The summed E-state index contributed by atoms with van der Waals surface area (Å²) in [5.74, 6) is -1.51. The summed E-state index contributed by atoms with van der Waals surface area (Å²) in [5, 5.41) is 2.66. The number of carbonyl (C=O) groups excluding carboxylic acids is 1. The van der Waals surface area contributed by atoms with Crippen molar-refractivity contribution in [3.8, 4) is 0 Å². The van der Waals surface area contributed by atoms with Crippen molar-refractivity contribution in [1.29, 1.82) is 0 Å². The van der Waals surface area contributed by atoms with E-state index in [9.17, 15) is 18.0 Å². The van der Waals surface area contributed by atoms with Gasteiger partial charge < -0.3 is 11.1 Å². The number of halogens is 4. The number of nitrogens with two attached hydrogens (primary N) is 1. The van der Waals surface area contributed by atoms with Crippen molar-refractivity contribution < 1.29 is 18.0 Å². The fourth-order valence-electron chi connectivity index (χ4n) is 1.90. The maximum absolute atomic E-state index is 12.4. The predicted octanol–water partition coefficient (Wildman–Crippen LogP) is 1.99. The molecule has 1 fully saturated rings. The summed E-state index contributed by atoms with van der Waals surface area (Å²) in [6.45, 7) is 1.55. The fraction of sp³-hybridized carbons (Fsp3) is 0.900. The first-order valence-corrected chi connectivity index (χ1v) is 5.43. The Bertz CT molecular complexity index is 250. The highest BCUT2D eigenvalue weighted by Gasteiger charge is 2.41. The lowest BCUT2D eigenvalue weighted by molar-refractivity contribution is -0.182. The van der Waals surface area contributed by atoms with Gasteiger partial charge in [-0.1, -0.05) is 0 Å². The molecule has 1 saturated carbocycles. The summed E-state index contributed by atoms with van der Waals surface area (Å²) in [6, 6.07) is -0.766. The second-order valence-electron chi connectivity index (χ2n) is 4.39. The Morgan fingerprint density at radius 3 is 2.12 bits per heavy atom.